The van der Waals surface area contributed by atoms with E-state index in [1.807, 2.05) is 42.5 Å². The van der Waals surface area contributed by atoms with Crippen molar-refractivity contribution in [2.45, 2.75) is 18.3 Å². The van der Waals surface area contributed by atoms with Crippen LogP contribution in [0.2, 0.25) is 0 Å². The maximum Gasteiger partial charge on any atom is 0.323 e. The predicted molar refractivity (Wildman–Crippen MR) is 98.2 cm³/mol. The van der Waals surface area contributed by atoms with Crippen LogP contribution in [0, 0.1) is 0 Å². The molecule has 4 nitrogen and oxygen atoms in total. The number of methoxy groups -OCH3 is 2. The number of thioether (sulfide) groups is 1. The summed E-state index contributed by atoms with van der Waals surface area (Å²) in [7, 11) is 3.07. The topological polar surface area (TPSA) is 47.6 Å². The molecule has 0 spiro atoms. The van der Waals surface area contributed by atoms with Gasteiger partial charge in [0.25, 0.3) is 0 Å². The molecule has 24 heavy (non-hydrogen) atoms. The highest BCUT2D eigenvalue weighted by Gasteiger charge is 2.18. The highest BCUT2D eigenvalue weighted by molar-refractivity contribution is 7.98. The van der Waals surface area contributed by atoms with Crippen LogP contribution in [0.1, 0.15) is 11.1 Å². The Bertz CT molecular complexity index is 616. The number of carbonyl (C=O) groups excluding carboxylic acids is 1. The van der Waals surface area contributed by atoms with Gasteiger partial charge < -0.3 is 9.47 Å². The molecule has 2 aromatic carbocycles. The molecule has 1 atom stereocenters. The summed E-state index contributed by atoms with van der Waals surface area (Å²) in [6.45, 7) is 0.607. The number of esters is 1. The third-order valence-corrected chi connectivity index (χ3v) is 4.70. The van der Waals surface area contributed by atoms with E-state index in [2.05, 4.69) is 17.4 Å². The van der Waals surface area contributed by atoms with Gasteiger partial charge in [0.15, 0.2) is 0 Å². The lowest BCUT2D eigenvalue weighted by atomic mass is 10.2. The van der Waals surface area contributed by atoms with Gasteiger partial charge in [0.1, 0.15) is 11.8 Å². The monoisotopic (exact) mass is 345 g/mol. The summed E-state index contributed by atoms with van der Waals surface area (Å²) in [5.74, 6) is 2.13. The summed E-state index contributed by atoms with van der Waals surface area (Å²) in [6, 6.07) is 17.7. The number of ether oxygens (including phenoxy) is 2. The molecule has 0 saturated carbocycles. The quantitative estimate of drug-likeness (QED) is 0.707. The smallest absolute Gasteiger partial charge is 0.323 e. The minimum absolute atomic E-state index is 0.232. The van der Waals surface area contributed by atoms with Crippen molar-refractivity contribution in [2.24, 2.45) is 0 Å². The largest absolute Gasteiger partial charge is 0.497 e. The molecule has 5 heteroatoms. The molecule has 0 unspecified atom stereocenters. The zero-order valence-corrected chi connectivity index (χ0v) is 14.8. The van der Waals surface area contributed by atoms with Gasteiger partial charge in [-0.25, -0.2) is 0 Å². The molecule has 2 rings (SSSR count). The SMILES string of the molecule is COC(=O)[C@H](CSCc1ccccc1)NCc1ccc(OC)cc1. The van der Waals surface area contributed by atoms with Gasteiger partial charge in [-0.05, 0) is 23.3 Å². The van der Waals surface area contributed by atoms with Crippen molar-refractivity contribution < 1.29 is 14.3 Å². The van der Waals surface area contributed by atoms with Crippen molar-refractivity contribution in [3.05, 3.63) is 65.7 Å². The molecule has 1 N–H and O–H groups in total. The highest BCUT2D eigenvalue weighted by atomic mass is 32.2. The fourth-order valence-electron chi connectivity index (χ4n) is 2.21. The van der Waals surface area contributed by atoms with Gasteiger partial charge in [0.05, 0.1) is 14.2 Å². The van der Waals surface area contributed by atoms with Crippen LogP contribution in [-0.2, 0) is 21.8 Å². The van der Waals surface area contributed by atoms with Crippen LogP contribution in [0.25, 0.3) is 0 Å². The molecular formula is C19H23NO3S. The zero-order chi connectivity index (χ0) is 17.2. The minimum Gasteiger partial charge on any atom is -0.497 e. The van der Waals surface area contributed by atoms with Crippen LogP contribution < -0.4 is 10.1 Å². The van der Waals surface area contributed by atoms with Gasteiger partial charge in [-0.15, -0.1) is 0 Å². The fraction of sp³-hybridized carbons (Fsp3) is 0.316. The molecule has 0 amide bonds. The Balaban J connectivity index is 1.84. The van der Waals surface area contributed by atoms with E-state index < -0.39 is 0 Å². The third kappa shape index (κ3) is 5.91. The fourth-order valence-corrected chi connectivity index (χ4v) is 3.24. The van der Waals surface area contributed by atoms with E-state index in [1.54, 1.807) is 18.9 Å². The lowest BCUT2D eigenvalue weighted by Gasteiger charge is -2.16. The number of carbonyl (C=O) groups is 1. The number of rotatable bonds is 9. The van der Waals surface area contributed by atoms with E-state index >= 15 is 0 Å². The Morgan fingerprint density at radius 2 is 1.75 bits per heavy atom. The van der Waals surface area contributed by atoms with Crippen molar-refractivity contribution in [3.8, 4) is 5.75 Å². The summed E-state index contributed by atoms with van der Waals surface area (Å²) in [5.41, 5.74) is 2.35. The van der Waals surface area contributed by atoms with Crippen LogP contribution >= 0.6 is 11.8 Å². The Labute approximate surface area is 147 Å². The molecule has 0 fully saturated rings. The number of hydrogen-bond acceptors (Lipinski definition) is 5. The first-order chi connectivity index (χ1) is 11.7. The van der Waals surface area contributed by atoms with Crippen LogP contribution in [0.3, 0.4) is 0 Å². The number of nitrogens with one attached hydrogen (secondary N) is 1. The van der Waals surface area contributed by atoms with E-state index in [1.165, 1.54) is 12.7 Å². The summed E-state index contributed by atoms with van der Waals surface area (Å²) in [5, 5.41) is 3.27. The van der Waals surface area contributed by atoms with Crippen LogP contribution in [0.4, 0.5) is 0 Å². The second kappa shape index (κ2) is 10.0. The molecular weight excluding hydrogens is 322 g/mol. The van der Waals surface area contributed by atoms with Gasteiger partial charge in [0, 0.05) is 18.1 Å². The van der Waals surface area contributed by atoms with E-state index in [9.17, 15) is 4.79 Å². The lowest BCUT2D eigenvalue weighted by molar-refractivity contribution is -0.142. The summed E-state index contributed by atoms with van der Waals surface area (Å²) in [4.78, 5) is 12.0. The normalized spacial score (nSPS) is 11.8. The van der Waals surface area contributed by atoms with Gasteiger partial charge in [-0.3, -0.25) is 10.1 Å². The van der Waals surface area contributed by atoms with Gasteiger partial charge in [-0.1, -0.05) is 42.5 Å². The van der Waals surface area contributed by atoms with Crippen LogP contribution in [-0.4, -0.2) is 32.0 Å². The van der Waals surface area contributed by atoms with Crippen molar-refractivity contribution in [3.63, 3.8) is 0 Å². The standard InChI is InChI=1S/C19H23NO3S/c1-22-17-10-8-15(9-11-17)12-20-18(19(21)23-2)14-24-13-16-6-4-3-5-7-16/h3-11,18,20H,12-14H2,1-2H3/t18-/m0/s1. The van der Waals surface area contributed by atoms with Gasteiger partial charge in [-0.2, -0.15) is 11.8 Å². The van der Waals surface area contributed by atoms with Crippen LogP contribution in [0.5, 0.6) is 5.75 Å². The summed E-state index contributed by atoms with van der Waals surface area (Å²) in [6.07, 6.45) is 0. The average molecular weight is 345 g/mol. The number of hydrogen-bond donors (Lipinski definition) is 1. The summed E-state index contributed by atoms with van der Waals surface area (Å²) < 4.78 is 10.1. The molecule has 0 aliphatic carbocycles. The molecule has 0 bridgehead atoms. The second-order valence-electron chi connectivity index (χ2n) is 5.31. The second-order valence-corrected chi connectivity index (χ2v) is 6.34. The Morgan fingerprint density at radius 3 is 2.38 bits per heavy atom. The van der Waals surface area contributed by atoms with Crippen LogP contribution in [0.15, 0.2) is 54.6 Å². The van der Waals surface area contributed by atoms with Crippen molar-refractivity contribution in [1.29, 1.82) is 0 Å². The maximum atomic E-state index is 12.0. The van der Waals surface area contributed by atoms with E-state index in [-0.39, 0.29) is 12.0 Å². The molecule has 0 aliphatic rings. The maximum absolute atomic E-state index is 12.0. The Morgan fingerprint density at radius 1 is 1.04 bits per heavy atom. The zero-order valence-electron chi connectivity index (χ0n) is 14.0. The third-order valence-electron chi connectivity index (χ3n) is 3.59. The van der Waals surface area contributed by atoms with Crippen molar-refractivity contribution in [2.75, 3.05) is 20.0 Å². The Hall–Kier alpha value is -1.98. The van der Waals surface area contributed by atoms with E-state index in [4.69, 9.17) is 9.47 Å². The predicted octanol–water partition coefficient (Wildman–Crippen LogP) is 3.26. The Kier molecular flexibility index (Phi) is 7.65. The number of benzene rings is 2. The molecule has 128 valence electrons. The highest BCUT2D eigenvalue weighted by Crippen LogP contribution is 2.15. The van der Waals surface area contributed by atoms with Crippen molar-refractivity contribution >= 4 is 17.7 Å². The van der Waals surface area contributed by atoms with E-state index in [0.717, 1.165) is 17.1 Å². The molecule has 0 heterocycles. The minimum atomic E-state index is -0.328. The summed E-state index contributed by atoms with van der Waals surface area (Å²) >= 11 is 1.72. The first-order valence-corrected chi connectivity index (χ1v) is 8.94. The van der Waals surface area contributed by atoms with E-state index in [0.29, 0.717) is 12.3 Å². The first kappa shape index (κ1) is 18.4. The molecule has 0 aliphatic heterocycles. The molecule has 0 aromatic heterocycles. The molecule has 0 radical (unpaired) electrons. The molecule has 0 saturated heterocycles. The molecule has 2 aromatic rings. The van der Waals surface area contributed by atoms with Gasteiger partial charge in [0.2, 0.25) is 0 Å². The lowest BCUT2D eigenvalue weighted by Crippen LogP contribution is -2.39. The first-order valence-electron chi connectivity index (χ1n) is 7.78. The van der Waals surface area contributed by atoms with Crippen molar-refractivity contribution in [1.82, 2.24) is 5.32 Å². The average Bonchev–Trinajstić information content (AvgIpc) is 2.65. The van der Waals surface area contributed by atoms with Gasteiger partial charge >= 0.3 is 5.97 Å².